The summed E-state index contributed by atoms with van der Waals surface area (Å²) < 4.78 is 0. The van der Waals surface area contributed by atoms with E-state index in [4.69, 9.17) is 0 Å². The van der Waals surface area contributed by atoms with Crippen molar-refractivity contribution in [1.82, 2.24) is 4.90 Å². The molecule has 0 radical (unpaired) electrons. The maximum Gasteiger partial charge on any atom is 0.00190 e. The van der Waals surface area contributed by atoms with E-state index in [0.717, 1.165) is 0 Å². The van der Waals surface area contributed by atoms with Gasteiger partial charge in [-0.3, -0.25) is 0 Å². The van der Waals surface area contributed by atoms with Gasteiger partial charge < -0.3 is 4.90 Å². The van der Waals surface area contributed by atoms with Crippen molar-refractivity contribution in [3.05, 3.63) is 76.4 Å². The Hall–Kier alpha value is -1.83. The Kier molecular flexibility index (Phi) is 8.15. The molecule has 1 aliphatic heterocycles. The molecule has 154 valence electrons. The van der Waals surface area contributed by atoms with Crippen LogP contribution in [0.4, 0.5) is 0 Å². The van der Waals surface area contributed by atoms with Gasteiger partial charge in [0.25, 0.3) is 0 Å². The van der Waals surface area contributed by atoms with Gasteiger partial charge in [-0.15, -0.1) is 12.4 Å². The maximum atomic E-state index is 2.68. The molecule has 0 bridgehead atoms. The summed E-state index contributed by atoms with van der Waals surface area (Å²) in [7, 11) is 0. The number of nitrogens with zero attached hydrogens (tertiary/aromatic N) is 1. The minimum atomic E-state index is 0. The predicted octanol–water partition coefficient (Wildman–Crippen LogP) is 7.46. The lowest BCUT2D eigenvalue weighted by atomic mass is 9.86. The minimum absolute atomic E-state index is 0. The zero-order chi connectivity index (χ0) is 19.2. The molecule has 1 heterocycles. The summed E-state index contributed by atoms with van der Waals surface area (Å²) >= 11 is 0. The molecule has 0 unspecified atom stereocenters. The van der Waals surface area contributed by atoms with Gasteiger partial charge in [-0.2, -0.15) is 0 Å². The van der Waals surface area contributed by atoms with Crippen LogP contribution in [0.1, 0.15) is 74.1 Å². The quantitative estimate of drug-likeness (QED) is 0.383. The van der Waals surface area contributed by atoms with E-state index in [1.807, 2.05) is 0 Å². The van der Waals surface area contributed by atoms with Gasteiger partial charge in [-0.05, 0) is 53.6 Å². The smallest absolute Gasteiger partial charge is 0.00190 e. The fourth-order valence-electron chi connectivity index (χ4n) is 4.68. The van der Waals surface area contributed by atoms with E-state index in [1.54, 1.807) is 5.57 Å². The second-order valence-corrected chi connectivity index (χ2v) is 8.24. The fraction of sp³-hybridized carbons (Fsp3) is 0.407. The number of hydrogen-bond donors (Lipinski definition) is 0. The second-order valence-electron chi connectivity index (χ2n) is 8.24. The highest BCUT2D eigenvalue weighted by Gasteiger charge is 2.22. The van der Waals surface area contributed by atoms with Crippen molar-refractivity contribution in [3.63, 3.8) is 0 Å². The Morgan fingerprint density at radius 3 is 1.86 bits per heavy atom. The topological polar surface area (TPSA) is 3.24 Å². The van der Waals surface area contributed by atoms with E-state index in [-0.39, 0.29) is 12.4 Å². The van der Waals surface area contributed by atoms with Gasteiger partial charge in [0.15, 0.2) is 0 Å². The lowest BCUT2D eigenvalue weighted by molar-refractivity contribution is 0.251. The Morgan fingerprint density at radius 1 is 0.724 bits per heavy atom. The molecule has 0 atom stereocenters. The first-order chi connectivity index (χ1) is 13.9. The third-order valence-corrected chi connectivity index (χ3v) is 6.29. The number of benzene rings is 2. The summed E-state index contributed by atoms with van der Waals surface area (Å²) in [4.78, 5) is 2.68. The summed E-state index contributed by atoms with van der Waals surface area (Å²) in [6, 6.07) is 17.8. The molecule has 1 saturated heterocycles. The highest BCUT2D eigenvalue weighted by Crippen LogP contribution is 2.38. The zero-order valence-corrected chi connectivity index (χ0v) is 18.5. The molecule has 0 saturated carbocycles. The number of likely N-dealkylation sites (tertiary alicyclic amines) is 1. The molecule has 0 spiro atoms. The molecule has 29 heavy (non-hydrogen) atoms. The molecular formula is C27H34ClN. The zero-order valence-electron chi connectivity index (χ0n) is 17.7. The first-order valence-electron chi connectivity index (χ1n) is 11.2. The van der Waals surface area contributed by atoms with E-state index in [2.05, 4.69) is 72.5 Å². The van der Waals surface area contributed by atoms with E-state index in [9.17, 15) is 0 Å². The summed E-state index contributed by atoms with van der Waals surface area (Å²) in [6.07, 6.45) is 13.9. The van der Waals surface area contributed by atoms with Crippen molar-refractivity contribution in [2.45, 2.75) is 51.9 Å². The molecule has 2 aliphatic rings. The molecule has 2 aromatic rings. The van der Waals surface area contributed by atoms with Crippen LogP contribution in [0.2, 0.25) is 0 Å². The molecule has 2 aromatic carbocycles. The van der Waals surface area contributed by atoms with Gasteiger partial charge in [0, 0.05) is 13.1 Å². The predicted molar refractivity (Wildman–Crippen MR) is 130 cm³/mol. The number of fused-ring (bicyclic) bond motifs is 2. The SMILES string of the molecule is CCCCCCCN1CCC(=C2c3ccccc3C=Cc3ccccc32)CC1.Cl. The van der Waals surface area contributed by atoms with Crippen LogP contribution < -0.4 is 0 Å². The van der Waals surface area contributed by atoms with E-state index in [0.29, 0.717) is 0 Å². The van der Waals surface area contributed by atoms with E-state index < -0.39 is 0 Å². The largest absolute Gasteiger partial charge is 0.303 e. The first-order valence-corrected chi connectivity index (χ1v) is 11.2. The average molecular weight is 408 g/mol. The van der Waals surface area contributed by atoms with Gasteiger partial charge in [0.2, 0.25) is 0 Å². The van der Waals surface area contributed by atoms with Crippen LogP contribution >= 0.6 is 12.4 Å². The molecule has 0 N–H and O–H groups in total. The highest BCUT2D eigenvalue weighted by molar-refractivity contribution is 5.94. The van der Waals surface area contributed by atoms with Gasteiger partial charge in [0.05, 0.1) is 0 Å². The Morgan fingerprint density at radius 2 is 1.28 bits per heavy atom. The van der Waals surface area contributed by atoms with Crippen molar-refractivity contribution < 1.29 is 0 Å². The standard InChI is InChI=1S/C27H33N.ClH/c1-2-3-4-5-10-19-28-20-17-24(18-21-28)27-25-13-8-6-11-22(25)15-16-23-12-7-9-14-26(23)27;/h6-9,11-16H,2-5,10,17-21H2,1H3;1H. The molecule has 0 amide bonds. The molecule has 1 aliphatic carbocycles. The number of rotatable bonds is 6. The van der Waals surface area contributed by atoms with Gasteiger partial charge in [-0.25, -0.2) is 0 Å². The van der Waals surface area contributed by atoms with E-state index in [1.165, 1.54) is 92.4 Å². The van der Waals surface area contributed by atoms with E-state index >= 15 is 0 Å². The van der Waals surface area contributed by atoms with Crippen LogP contribution in [-0.2, 0) is 0 Å². The molecular weight excluding hydrogens is 374 g/mol. The second kappa shape index (κ2) is 10.8. The van der Waals surface area contributed by atoms with Gasteiger partial charge in [-0.1, -0.05) is 98.9 Å². The van der Waals surface area contributed by atoms with Crippen molar-refractivity contribution >= 4 is 30.1 Å². The van der Waals surface area contributed by atoms with Gasteiger partial charge >= 0.3 is 0 Å². The lowest BCUT2D eigenvalue weighted by Crippen LogP contribution is -2.32. The molecule has 0 aromatic heterocycles. The molecule has 2 heteroatoms. The Bertz CT molecular complexity index is 803. The third-order valence-electron chi connectivity index (χ3n) is 6.29. The Labute approximate surface area is 182 Å². The summed E-state index contributed by atoms with van der Waals surface area (Å²) in [5.41, 5.74) is 8.65. The van der Waals surface area contributed by atoms with Crippen molar-refractivity contribution in [2.75, 3.05) is 19.6 Å². The summed E-state index contributed by atoms with van der Waals surface area (Å²) in [6.45, 7) is 5.99. The van der Waals surface area contributed by atoms with Crippen LogP contribution in [0.3, 0.4) is 0 Å². The Balaban J connectivity index is 0.00000240. The van der Waals surface area contributed by atoms with Crippen LogP contribution in [-0.4, -0.2) is 24.5 Å². The van der Waals surface area contributed by atoms with Crippen LogP contribution in [0.15, 0.2) is 54.1 Å². The molecule has 1 fully saturated rings. The highest BCUT2D eigenvalue weighted by atomic mass is 35.5. The number of hydrogen-bond acceptors (Lipinski definition) is 1. The van der Waals surface area contributed by atoms with Crippen molar-refractivity contribution in [1.29, 1.82) is 0 Å². The minimum Gasteiger partial charge on any atom is -0.303 e. The summed E-state index contributed by atoms with van der Waals surface area (Å²) in [5, 5.41) is 0. The first kappa shape index (κ1) is 21.9. The molecule has 1 nitrogen and oxygen atoms in total. The molecule has 4 rings (SSSR count). The van der Waals surface area contributed by atoms with Crippen LogP contribution in [0.25, 0.3) is 17.7 Å². The maximum absolute atomic E-state index is 2.68. The number of unbranched alkanes of at least 4 members (excludes halogenated alkanes) is 4. The van der Waals surface area contributed by atoms with Gasteiger partial charge in [0.1, 0.15) is 0 Å². The van der Waals surface area contributed by atoms with Crippen molar-refractivity contribution in [2.24, 2.45) is 0 Å². The van der Waals surface area contributed by atoms with Crippen molar-refractivity contribution in [3.8, 4) is 0 Å². The normalized spacial score (nSPS) is 16.0. The number of halogens is 1. The van der Waals surface area contributed by atoms with Crippen LogP contribution in [0.5, 0.6) is 0 Å². The van der Waals surface area contributed by atoms with Crippen LogP contribution in [0, 0.1) is 0 Å². The average Bonchev–Trinajstić information content (AvgIpc) is 2.91. The monoisotopic (exact) mass is 407 g/mol. The summed E-state index contributed by atoms with van der Waals surface area (Å²) in [5.74, 6) is 0. The third kappa shape index (κ3) is 5.21. The fourth-order valence-corrected chi connectivity index (χ4v) is 4.68. The lowest BCUT2D eigenvalue weighted by Gasteiger charge is -2.30. The number of piperidine rings is 1.